The van der Waals surface area contributed by atoms with E-state index >= 15 is 0 Å². The number of fused-ring (bicyclic) bond motifs is 8. The highest BCUT2D eigenvalue weighted by Crippen LogP contribution is 2.50. The van der Waals surface area contributed by atoms with Crippen molar-refractivity contribution in [3.8, 4) is 0 Å². The summed E-state index contributed by atoms with van der Waals surface area (Å²) in [7, 11) is -7.50. The molecule has 308 valence electrons. The number of rotatable bonds is 4. The number of Topliss-reactive ketones (excluding diaryl/α,β-unsaturated/α-hetero) is 2. The number of carbonyl (C=O) groups is 2. The van der Waals surface area contributed by atoms with Crippen molar-refractivity contribution in [2.75, 3.05) is 9.80 Å². The lowest BCUT2D eigenvalue weighted by molar-refractivity contribution is 0.103. The van der Waals surface area contributed by atoms with Gasteiger partial charge in [-0.3, -0.25) is 9.59 Å². The molecule has 0 N–H and O–H groups in total. The highest BCUT2D eigenvalue weighted by molar-refractivity contribution is 7.97. The van der Waals surface area contributed by atoms with Crippen molar-refractivity contribution in [3.05, 3.63) is 237 Å². The van der Waals surface area contributed by atoms with Gasteiger partial charge >= 0.3 is 0 Å². The Balaban J connectivity index is 0.000000158. The number of ketones is 2. The number of nitrogens with zero attached hydrogens (tertiary/aromatic N) is 2. The lowest BCUT2D eigenvalue weighted by Crippen LogP contribution is -2.24. The molecule has 0 spiro atoms. The highest BCUT2D eigenvalue weighted by Gasteiger charge is 2.42. The summed E-state index contributed by atoms with van der Waals surface area (Å²) in [5.41, 5.74) is 9.62. The first kappa shape index (κ1) is 40.5. The van der Waals surface area contributed by atoms with Crippen LogP contribution in [0.2, 0.25) is 0 Å². The van der Waals surface area contributed by atoms with Crippen molar-refractivity contribution in [2.24, 2.45) is 0 Å². The first-order valence-electron chi connectivity index (χ1n) is 20.2. The van der Waals surface area contributed by atoms with E-state index in [4.69, 9.17) is 0 Å². The van der Waals surface area contributed by atoms with Gasteiger partial charge in [0.1, 0.15) is 9.81 Å². The molecule has 0 aliphatic carbocycles. The predicted octanol–water partition coefficient (Wildman–Crippen LogP) is 10.5. The molecule has 62 heavy (non-hydrogen) atoms. The number of carbonyl (C=O) groups excluding carboxylic acids is 2. The number of anilines is 2. The normalized spacial score (nSPS) is 22.7. The fourth-order valence-corrected chi connectivity index (χ4v) is 11.9. The summed E-state index contributed by atoms with van der Waals surface area (Å²) >= 11 is 0. The molecule has 0 aromatic heterocycles. The Labute approximate surface area is 362 Å². The van der Waals surface area contributed by atoms with Crippen LogP contribution in [-0.4, -0.2) is 28.4 Å². The number of hydrogen-bond donors (Lipinski definition) is 0. The van der Waals surface area contributed by atoms with Crippen LogP contribution in [0.3, 0.4) is 0 Å². The average Bonchev–Trinajstić information content (AvgIpc) is 3.80. The van der Waals surface area contributed by atoms with Gasteiger partial charge in [0.25, 0.3) is 0 Å². The van der Waals surface area contributed by atoms with Crippen LogP contribution in [0.4, 0.5) is 11.4 Å². The molecule has 0 atom stereocenters. The summed E-state index contributed by atoms with van der Waals surface area (Å²) in [4.78, 5) is 29.2. The summed E-state index contributed by atoms with van der Waals surface area (Å²) in [6.07, 6.45) is 25.8. The molecule has 4 aromatic rings. The average molecular weight is 855 g/mol. The third kappa shape index (κ3) is 6.49. The summed E-state index contributed by atoms with van der Waals surface area (Å²) in [5, 5.41) is 0. The minimum absolute atomic E-state index is 0.0843. The molecule has 8 nitrogen and oxygen atoms in total. The van der Waals surface area contributed by atoms with E-state index < -0.39 is 31.2 Å². The fraction of sp³-hybridized carbons (Fsp3) is 0.115. The Bertz CT molecular complexity index is 2990. The SMILES string of the molecule is CC1(C)C2=C/C(=C/C=C/C=C3\C(=O)c4ccccc4S3(=O)=O)C=CN2c2ccccc21.CC1(C)C2=CC(=CC=CC=C3C(=O)c4ccccc4S3(=O)=O)C=CN2c2ccccc21. The van der Waals surface area contributed by atoms with Crippen LogP contribution >= 0.6 is 0 Å². The maximum absolute atomic E-state index is 12.6. The standard InChI is InChI=1S/2C26H21NO3S/c2*1-26(2)20-11-5-6-12-21(20)27-16-15-18(17-24(26)27)9-3-7-14-23-25(28)19-10-4-8-13-22(19)31(23,29)30/h2*3-17H,1-2H3/b7-3+,18-9+,23-14+;. The summed E-state index contributed by atoms with van der Waals surface area (Å²) in [6.45, 7) is 8.84. The number of hydrogen-bond acceptors (Lipinski definition) is 8. The molecule has 0 unspecified atom stereocenters. The van der Waals surface area contributed by atoms with Crippen LogP contribution in [0.1, 0.15) is 59.5 Å². The maximum Gasteiger partial charge on any atom is 0.211 e. The Hall–Kier alpha value is -6.88. The second-order valence-electron chi connectivity index (χ2n) is 16.5. The van der Waals surface area contributed by atoms with Crippen LogP contribution in [0.25, 0.3) is 0 Å². The monoisotopic (exact) mass is 854 g/mol. The topological polar surface area (TPSA) is 109 Å². The number of para-hydroxylation sites is 2. The van der Waals surface area contributed by atoms with Gasteiger partial charge in [0.05, 0.1) is 9.79 Å². The van der Waals surface area contributed by atoms with E-state index in [1.54, 1.807) is 60.7 Å². The second-order valence-corrected chi connectivity index (χ2v) is 20.3. The van der Waals surface area contributed by atoms with Gasteiger partial charge in [0, 0.05) is 57.1 Å². The molecule has 10 rings (SSSR count). The van der Waals surface area contributed by atoms with Gasteiger partial charge < -0.3 is 9.80 Å². The third-order valence-corrected chi connectivity index (χ3v) is 15.7. The zero-order chi connectivity index (χ0) is 43.6. The van der Waals surface area contributed by atoms with Crippen molar-refractivity contribution in [1.82, 2.24) is 0 Å². The highest BCUT2D eigenvalue weighted by atomic mass is 32.2. The van der Waals surface area contributed by atoms with Gasteiger partial charge in [0.2, 0.25) is 31.2 Å². The van der Waals surface area contributed by atoms with E-state index in [1.165, 1.54) is 58.2 Å². The molecule has 4 aromatic carbocycles. The molecular weight excluding hydrogens is 813 g/mol. The van der Waals surface area contributed by atoms with E-state index in [9.17, 15) is 26.4 Å². The van der Waals surface area contributed by atoms with E-state index in [0.717, 1.165) is 11.1 Å². The Kier molecular flexibility index (Phi) is 9.76. The minimum Gasteiger partial charge on any atom is -0.320 e. The van der Waals surface area contributed by atoms with E-state index in [1.807, 2.05) is 36.4 Å². The molecular formula is C52H42N2O6S2. The third-order valence-electron chi connectivity index (χ3n) is 12.1. The van der Waals surface area contributed by atoms with Crippen LogP contribution in [0.15, 0.2) is 225 Å². The van der Waals surface area contributed by atoms with Crippen molar-refractivity contribution < 1.29 is 26.4 Å². The maximum atomic E-state index is 12.6. The zero-order valence-electron chi connectivity index (χ0n) is 34.5. The molecule has 6 aliphatic rings. The largest absolute Gasteiger partial charge is 0.320 e. The van der Waals surface area contributed by atoms with Gasteiger partial charge in [0.15, 0.2) is 0 Å². The van der Waals surface area contributed by atoms with Gasteiger partial charge in [-0.1, -0.05) is 125 Å². The molecule has 6 aliphatic heterocycles. The van der Waals surface area contributed by atoms with E-state index in [-0.39, 0.29) is 41.6 Å². The van der Waals surface area contributed by atoms with Gasteiger partial charge in [-0.2, -0.15) is 0 Å². The summed E-state index contributed by atoms with van der Waals surface area (Å²) in [5.74, 6) is -0.901. The quantitative estimate of drug-likeness (QED) is 0.187. The lowest BCUT2D eigenvalue weighted by atomic mass is 9.83. The van der Waals surface area contributed by atoms with Crippen LogP contribution in [0.5, 0.6) is 0 Å². The first-order valence-corrected chi connectivity index (χ1v) is 23.1. The molecule has 10 heteroatoms. The molecule has 0 saturated heterocycles. The van der Waals surface area contributed by atoms with Crippen molar-refractivity contribution in [2.45, 2.75) is 48.3 Å². The van der Waals surface area contributed by atoms with Gasteiger partial charge in [-0.05, 0) is 95.1 Å². The minimum atomic E-state index is -3.75. The van der Waals surface area contributed by atoms with Crippen LogP contribution < -0.4 is 9.80 Å². The zero-order valence-corrected chi connectivity index (χ0v) is 36.1. The number of benzene rings is 4. The number of sulfone groups is 2. The fourth-order valence-electron chi connectivity index (χ4n) is 8.80. The predicted molar refractivity (Wildman–Crippen MR) is 245 cm³/mol. The first-order chi connectivity index (χ1) is 29.6. The molecule has 0 amide bonds. The summed E-state index contributed by atoms with van der Waals surface area (Å²) in [6, 6.07) is 29.4. The molecule has 0 bridgehead atoms. The smallest absolute Gasteiger partial charge is 0.211 e. The second kappa shape index (κ2) is 14.9. The van der Waals surface area contributed by atoms with Crippen molar-refractivity contribution >= 4 is 42.6 Å². The Morgan fingerprint density at radius 2 is 0.823 bits per heavy atom. The van der Waals surface area contributed by atoms with E-state index in [2.05, 4.69) is 98.4 Å². The Morgan fingerprint density at radius 1 is 0.468 bits per heavy atom. The van der Waals surface area contributed by atoms with Crippen molar-refractivity contribution in [3.63, 3.8) is 0 Å². The lowest BCUT2D eigenvalue weighted by Gasteiger charge is -2.27. The molecule has 0 fully saturated rings. The molecule has 0 saturated carbocycles. The Morgan fingerprint density at radius 3 is 1.23 bits per heavy atom. The van der Waals surface area contributed by atoms with Crippen LogP contribution in [0, 0.1) is 0 Å². The van der Waals surface area contributed by atoms with Crippen LogP contribution in [-0.2, 0) is 30.5 Å². The molecule has 0 radical (unpaired) electrons. The summed E-state index contributed by atoms with van der Waals surface area (Å²) < 4.78 is 50.5. The van der Waals surface area contributed by atoms with Gasteiger partial charge in [-0.25, -0.2) is 16.8 Å². The van der Waals surface area contributed by atoms with E-state index in [0.29, 0.717) is 0 Å². The molecule has 6 heterocycles. The number of allylic oxidation sites excluding steroid dienone is 18. The van der Waals surface area contributed by atoms with Gasteiger partial charge in [-0.15, -0.1) is 0 Å². The van der Waals surface area contributed by atoms with Crippen molar-refractivity contribution in [1.29, 1.82) is 0 Å².